The summed E-state index contributed by atoms with van der Waals surface area (Å²) in [6.45, 7) is 6.08. The summed E-state index contributed by atoms with van der Waals surface area (Å²) in [5, 5.41) is 2.88. The van der Waals surface area contributed by atoms with Crippen molar-refractivity contribution in [2.75, 3.05) is 19.7 Å². The zero-order chi connectivity index (χ0) is 17.6. The van der Waals surface area contributed by atoms with Crippen LogP contribution in [0.25, 0.3) is 0 Å². The van der Waals surface area contributed by atoms with Gasteiger partial charge in [-0.2, -0.15) is 0 Å². The fourth-order valence-electron chi connectivity index (χ4n) is 2.97. The second kappa shape index (κ2) is 8.09. The summed E-state index contributed by atoms with van der Waals surface area (Å²) in [6, 6.07) is 11.1. The summed E-state index contributed by atoms with van der Waals surface area (Å²) in [7, 11) is 0. The molecule has 1 aliphatic heterocycles. The van der Waals surface area contributed by atoms with Crippen LogP contribution in [-0.2, 0) is 17.8 Å². The van der Waals surface area contributed by atoms with E-state index in [0.717, 1.165) is 31.8 Å². The predicted molar refractivity (Wildman–Crippen MR) is 95.4 cm³/mol. The van der Waals surface area contributed by atoms with Gasteiger partial charge in [0.25, 0.3) is 5.91 Å². The number of rotatable bonds is 5. The summed E-state index contributed by atoms with van der Waals surface area (Å²) < 4.78 is 5.57. The zero-order valence-corrected chi connectivity index (χ0v) is 14.3. The van der Waals surface area contributed by atoms with Gasteiger partial charge in [-0.3, -0.25) is 14.5 Å². The molecule has 2 N–H and O–H groups in total. The van der Waals surface area contributed by atoms with E-state index in [4.69, 9.17) is 4.74 Å². The van der Waals surface area contributed by atoms with Crippen LogP contribution in [0.2, 0.25) is 0 Å². The molecule has 6 nitrogen and oxygen atoms in total. The smallest absolute Gasteiger partial charge is 0.253 e. The van der Waals surface area contributed by atoms with Crippen molar-refractivity contribution in [2.24, 2.45) is 0 Å². The molecule has 0 saturated carbocycles. The van der Waals surface area contributed by atoms with Gasteiger partial charge in [-0.05, 0) is 24.1 Å². The summed E-state index contributed by atoms with van der Waals surface area (Å²) in [6.07, 6.45) is 1.70. The highest BCUT2D eigenvalue weighted by molar-refractivity contribution is 5.93. The van der Waals surface area contributed by atoms with Gasteiger partial charge in [-0.15, -0.1) is 0 Å². The fraction of sp³-hybridized carbons (Fsp3) is 0.368. The molecule has 2 aromatic rings. The van der Waals surface area contributed by atoms with Crippen LogP contribution in [-0.4, -0.2) is 41.6 Å². The maximum atomic E-state index is 12.1. The molecule has 25 heavy (non-hydrogen) atoms. The van der Waals surface area contributed by atoms with Gasteiger partial charge >= 0.3 is 0 Å². The number of benzene rings is 1. The van der Waals surface area contributed by atoms with E-state index in [1.54, 1.807) is 0 Å². The first-order chi connectivity index (χ1) is 12.1. The first-order valence-electron chi connectivity index (χ1n) is 8.49. The SMILES string of the molecule is C[C@@H]1CN(Cc2cccc(CNC(=O)c3ccc(=O)[nH]c3)c2)CCO1. The van der Waals surface area contributed by atoms with Gasteiger partial charge in [0, 0.05) is 38.4 Å². The largest absolute Gasteiger partial charge is 0.376 e. The van der Waals surface area contributed by atoms with Crippen molar-refractivity contribution in [1.29, 1.82) is 0 Å². The number of H-pyrrole nitrogens is 1. The molecule has 0 aliphatic carbocycles. The second-order valence-corrected chi connectivity index (χ2v) is 6.36. The van der Waals surface area contributed by atoms with E-state index in [9.17, 15) is 9.59 Å². The van der Waals surface area contributed by atoms with Crippen LogP contribution in [0.4, 0.5) is 0 Å². The number of aromatic nitrogens is 1. The lowest BCUT2D eigenvalue weighted by Crippen LogP contribution is -2.40. The lowest BCUT2D eigenvalue weighted by atomic mass is 10.1. The molecular formula is C19H23N3O3. The molecule has 1 saturated heterocycles. The highest BCUT2D eigenvalue weighted by Crippen LogP contribution is 2.12. The number of carbonyl (C=O) groups excluding carboxylic acids is 1. The molecule has 0 bridgehead atoms. The van der Waals surface area contributed by atoms with E-state index in [1.165, 1.54) is 23.9 Å². The number of aromatic amines is 1. The first kappa shape index (κ1) is 17.4. The molecule has 3 rings (SSSR count). The molecule has 6 heteroatoms. The average Bonchev–Trinajstić information content (AvgIpc) is 2.61. The Morgan fingerprint density at radius 1 is 1.32 bits per heavy atom. The normalized spacial score (nSPS) is 18.0. The van der Waals surface area contributed by atoms with Crippen LogP contribution in [0.15, 0.2) is 47.4 Å². The number of nitrogens with zero attached hydrogens (tertiary/aromatic N) is 1. The number of amides is 1. The van der Waals surface area contributed by atoms with Crippen LogP contribution in [0, 0.1) is 0 Å². The average molecular weight is 341 g/mol. The molecule has 0 radical (unpaired) electrons. The third-order valence-electron chi connectivity index (χ3n) is 4.22. The van der Waals surface area contributed by atoms with Crippen molar-refractivity contribution in [3.8, 4) is 0 Å². The third kappa shape index (κ3) is 5.01. The van der Waals surface area contributed by atoms with E-state index >= 15 is 0 Å². The minimum Gasteiger partial charge on any atom is -0.376 e. The minimum absolute atomic E-state index is 0.205. The molecule has 1 aromatic carbocycles. The Morgan fingerprint density at radius 2 is 2.16 bits per heavy atom. The summed E-state index contributed by atoms with van der Waals surface area (Å²) in [4.78, 5) is 28.0. The summed E-state index contributed by atoms with van der Waals surface area (Å²) in [5.74, 6) is -0.205. The monoisotopic (exact) mass is 341 g/mol. The Labute approximate surface area is 146 Å². The van der Waals surface area contributed by atoms with Crippen molar-refractivity contribution in [3.05, 3.63) is 69.6 Å². The van der Waals surface area contributed by atoms with Gasteiger partial charge < -0.3 is 15.0 Å². The van der Waals surface area contributed by atoms with E-state index in [2.05, 4.69) is 34.3 Å². The van der Waals surface area contributed by atoms with Gasteiger partial charge in [0.05, 0.1) is 18.3 Å². The van der Waals surface area contributed by atoms with Crippen LogP contribution in [0.1, 0.15) is 28.4 Å². The number of nitrogens with one attached hydrogen (secondary N) is 2. The molecule has 1 aromatic heterocycles. The van der Waals surface area contributed by atoms with Gasteiger partial charge in [-0.25, -0.2) is 0 Å². The molecule has 1 amide bonds. The number of hydrogen-bond donors (Lipinski definition) is 2. The Kier molecular flexibility index (Phi) is 5.63. The molecule has 132 valence electrons. The maximum Gasteiger partial charge on any atom is 0.253 e. The Balaban J connectivity index is 1.57. The topological polar surface area (TPSA) is 74.4 Å². The van der Waals surface area contributed by atoms with E-state index < -0.39 is 0 Å². The van der Waals surface area contributed by atoms with Crippen molar-refractivity contribution in [2.45, 2.75) is 26.1 Å². The molecular weight excluding hydrogens is 318 g/mol. The lowest BCUT2D eigenvalue weighted by Gasteiger charge is -2.31. The van der Waals surface area contributed by atoms with E-state index in [0.29, 0.717) is 12.1 Å². The predicted octanol–water partition coefficient (Wildman–Crippen LogP) is 1.53. The van der Waals surface area contributed by atoms with Gasteiger partial charge in [-0.1, -0.05) is 24.3 Å². The molecule has 0 spiro atoms. The first-order valence-corrected chi connectivity index (χ1v) is 8.49. The zero-order valence-electron chi connectivity index (χ0n) is 14.3. The third-order valence-corrected chi connectivity index (χ3v) is 4.22. The molecule has 0 unspecified atom stereocenters. The van der Waals surface area contributed by atoms with Gasteiger partial charge in [0.2, 0.25) is 5.56 Å². The highest BCUT2D eigenvalue weighted by Gasteiger charge is 2.16. The van der Waals surface area contributed by atoms with Gasteiger partial charge in [0.1, 0.15) is 0 Å². The van der Waals surface area contributed by atoms with E-state index in [-0.39, 0.29) is 17.6 Å². The molecule has 1 atom stereocenters. The summed E-state index contributed by atoms with van der Waals surface area (Å²) >= 11 is 0. The lowest BCUT2D eigenvalue weighted by molar-refractivity contribution is -0.0212. The summed E-state index contributed by atoms with van der Waals surface area (Å²) in [5.41, 5.74) is 2.50. The Morgan fingerprint density at radius 3 is 2.92 bits per heavy atom. The van der Waals surface area contributed by atoms with Crippen molar-refractivity contribution in [1.82, 2.24) is 15.2 Å². The molecule has 2 heterocycles. The number of carbonyl (C=O) groups is 1. The second-order valence-electron chi connectivity index (χ2n) is 6.36. The van der Waals surface area contributed by atoms with Crippen LogP contribution < -0.4 is 10.9 Å². The van der Waals surface area contributed by atoms with Crippen LogP contribution in [0.5, 0.6) is 0 Å². The minimum atomic E-state index is -0.221. The number of morpholine rings is 1. The molecule has 1 fully saturated rings. The standard InChI is InChI=1S/C19H23N3O3/c1-14-12-22(7-8-25-14)13-16-4-2-3-15(9-16)10-21-19(24)17-5-6-18(23)20-11-17/h2-6,9,11,14H,7-8,10,12-13H2,1H3,(H,20,23)(H,21,24)/t14-/m1/s1. The number of pyridine rings is 1. The van der Waals surface area contributed by atoms with Crippen molar-refractivity contribution < 1.29 is 9.53 Å². The molecule has 1 aliphatic rings. The highest BCUT2D eigenvalue weighted by atomic mass is 16.5. The van der Waals surface area contributed by atoms with E-state index in [1.807, 2.05) is 12.1 Å². The fourth-order valence-corrected chi connectivity index (χ4v) is 2.97. The number of hydrogen-bond acceptors (Lipinski definition) is 4. The van der Waals surface area contributed by atoms with Crippen LogP contribution >= 0.6 is 0 Å². The van der Waals surface area contributed by atoms with Gasteiger partial charge in [0.15, 0.2) is 0 Å². The van der Waals surface area contributed by atoms with Crippen molar-refractivity contribution in [3.63, 3.8) is 0 Å². The van der Waals surface area contributed by atoms with Crippen molar-refractivity contribution >= 4 is 5.91 Å². The van der Waals surface area contributed by atoms with Crippen LogP contribution in [0.3, 0.4) is 0 Å². The Hall–Kier alpha value is -2.44. The maximum absolute atomic E-state index is 12.1. The quantitative estimate of drug-likeness (QED) is 0.865. The Bertz CT molecular complexity index is 767. The number of ether oxygens (including phenoxy) is 1.